The Morgan fingerprint density at radius 1 is 1.35 bits per heavy atom. The van der Waals surface area contributed by atoms with Crippen LogP contribution in [0.5, 0.6) is 0 Å². The lowest BCUT2D eigenvalue weighted by Gasteiger charge is -2.06. The molecule has 1 N–H and O–H groups in total. The average molecular weight is 248 g/mol. The van der Waals surface area contributed by atoms with Gasteiger partial charge in [0.15, 0.2) is 0 Å². The minimum atomic E-state index is 0.780. The van der Waals surface area contributed by atoms with Crippen molar-refractivity contribution in [3.63, 3.8) is 0 Å². The molecule has 0 saturated heterocycles. The van der Waals surface area contributed by atoms with Crippen LogP contribution >= 0.6 is 11.3 Å². The summed E-state index contributed by atoms with van der Waals surface area (Å²) in [6.07, 6.45) is 3.69. The molecule has 0 radical (unpaired) electrons. The quantitative estimate of drug-likeness (QED) is 0.883. The Bertz CT molecular complexity index is 467. The van der Waals surface area contributed by atoms with Crippen LogP contribution in [0.3, 0.4) is 0 Å². The van der Waals surface area contributed by atoms with Crippen LogP contribution in [0.25, 0.3) is 0 Å². The van der Waals surface area contributed by atoms with Gasteiger partial charge >= 0.3 is 0 Å². The van der Waals surface area contributed by atoms with Crippen LogP contribution in [0, 0.1) is 6.92 Å². The number of nitrogens with zero attached hydrogens (tertiary/aromatic N) is 3. The van der Waals surface area contributed by atoms with Crippen molar-refractivity contribution >= 4 is 17.2 Å². The van der Waals surface area contributed by atoms with Gasteiger partial charge in [-0.05, 0) is 13.3 Å². The molecule has 0 unspecified atom stereocenters. The highest BCUT2D eigenvalue weighted by molar-refractivity contribution is 7.09. The van der Waals surface area contributed by atoms with E-state index < -0.39 is 0 Å². The van der Waals surface area contributed by atoms with Crippen molar-refractivity contribution in [3.8, 4) is 0 Å². The van der Waals surface area contributed by atoms with E-state index in [9.17, 15) is 0 Å². The van der Waals surface area contributed by atoms with Crippen molar-refractivity contribution in [1.82, 2.24) is 15.0 Å². The van der Waals surface area contributed by atoms with E-state index in [1.165, 1.54) is 0 Å². The Labute approximate surface area is 105 Å². The standard InChI is InChI=1S/C12H16N4S/c1-3-4-13-11-7-10(15-9(2)16-11)8-12-14-5-6-17-12/h5-7H,3-4,8H2,1-2H3,(H,13,15,16). The van der Waals surface area contributed by atoms with E-state index in [1.54, 1.807) is 11.3 Å². The second-order valence-corrected chi connectivity index (χ2v) is 4.80. The van der Waals surface area contributed by atoms with E-state index in [2.05, 4.69) is 27.2 Å². The average Bonchev–Trinajstić information content (AvgIpc) is 2.78. The number of anilines is 1. The summed E-state index contributed by atoms with van der Waals surface area (Å²) >= 11 is 1.66. The Kier molecular flexibility index (Phi) is 4.03. The van der Waals surface area contributed by atoms with Crippen molar-refractivity contribution in [2.45, 2.75) is 26.7 Å². The molecule has 0 bridgehead atoms. The topological polar surface area (TPSA) is 50.7 Å². The molecule has 0 spiro atoms. The maximum Gasteiger partial charge on any atom is 0.129 e. The molecule has 0 aliphatic rings. The smallest absolute Gasteiger partial charge is 0.129 e. The summed E-state index contributed by atoms with van der Waals surface area (Å²) < 4.78 is 0. The third kappa shape index (κ3) is 3.49. The number of hydrogen-bond donors (Lipinski definition) is 1. The van der Waals surface area contributed by atoms with E-state index in [0.717, 1.165) is 41.7 Å². The summed E-state index contributed by atoms with van der Waals surface area (Å²) in [4.78, 5) is 13.1. The highest BCUT2D eigenvalue weighted by Gasteiger charge is 2.04. The van der Waals surface area contributed by atoms with Gasteiger partial charge in [-0.3, -0.25) is 0 Å². The van der Waals surface area contributed by atoms with Crippen molar-refractivity contribution in [2.24, 2.45) is 0 Å². The molecule has 0 aliphatic carbocycles. The van der Waals surface area contributed by atoms with Gasteiger partial charge in [-0.25, -0.2) is 15.0 Å². The van der Waals surface area contributed by atoms with E-state index in [0.29, 0.717) is 0 Å². The predicted molar refractivity (Wildman–Crippen MR) is 70.5 cm³/mol. The minimum absolute atomic E-state index is 0.780. The number of hydrogen-bond acceptors (Lipinski definition) is 5. The third-order valence-corrected chi connectivity index (χ3v) is 3.04. The zero-order valence-electron chi connectivity index (χ0n) is 10.1. The van der Waals surface area contributed by atoms with Crippen LogP contribution in [0.15, 0.2) is 17.6 Å². The Hall–Kier alpha value is -1.49. The van der Waals surface area contributed by atoms with Crippen molar-refractivity contribution in [2.75, 3.05) is 11.9 Å². The zero-order chi connectivity index (χ0) is 12.1. The molecule has 2 aromatic heterocycles. The fraction of sp³-hybridized carbons (Fsp3) is 0.417. The van der Waals surface area contributed by atoms with E-state index in [4.69, 9.17) is 0 Å². The fourth-order valence-corrected chi connectivity index (χ4v) is 2.19. The molecule has 2 rings (SSSR count). The number of rotatable bonds is 5. The van der Waals surface area contributed by atoms with E-state index in [-0.39, 0.29) is 0 Å². The molecule has 4 nitrogen and oxygen atoms in total. The van der Waals surface area contributed by atoms with Gasteiger partial charge in [0.1, 0.15) is 11.6 Å². The van der Waals surface area contributed by atoms with Crippen LogP contribution in [0.1, 0.15) is 29.9 Å². The fourth-order valence-electron chi connectivity index (χ4n) is 1.56. The van der Waals surface area contributed by atoms with Gasteiger partial charge in [0.2, 0.25) is 0 Å². The van der Waals surface area contributed by atoms with E-state index in [1.807, 2.05) is 24.6 Å². The summed E-state index contributed by atoms with van der Waals surface area (Å²) in [5, 5.41) is 6.36. The Morgan fingerprint density at radius 2 is 2.24 bits per heavy atom. The van der Waals surface area contributed by atoms with Crippen LogP contribution in [-0.2, 0) is 6.42 Å². The number of aromatic nitrogens is 3. The Balaban J connectivity index is 2.13. The zero-order valence-corrected chi connectivity index (χ0v) is 10.9. The first-order valence-corrected chi connectivity index (χ1v) is 6.62. The van der Waals surface area contributed by atoms with Crippen LogP contribution in [0.2, 0.25) is 0 Å². The van der Waals surface area contributed by atoms with Crippen LogP contribution in [-0.4, -0.2) is 21.5 Å². The van der Waals surface area contributed by atoms with Crippen molar-refractivity contribution in [3.05, 3.63) is 34.2 Å². The molecular weight excluding hydrogens is 232 g/mol. The monoisotopic (exact) mass is 248 g/mol. The normalized spacial score (nSPS) is 10.5. The third-order valence-electron chi connectivity index (χ3n) is 2.26. The highest BCUT2D eigenvalue weighted by Crippen LogP contribution is 2.13. The van der Waals surface area contributed by atoms with Gasteiger partial charge < -0.3 is 5.32 Å². The second-order valence-electron chi connectivity index (χ2n) is 3.82. The molecule has 0 fully saturated rings. The van der Waals surface area contributed by atoms with Crippen LogP contribution in [0.4, 0.5) is 5.82 Å². The van der Waals surface area contributed by atoms with Gasteiger partial charge in [0.05, 0.1) is 10.7 Å². The summed E-state index contributed by atoms with van der Waals surface area (Å²) in [6, 6.07) is 2.00. The number of aryl methyl sites for hydroxylation is 1. The largest absolute Gasteiger partial charge is 0.370 e. The lowest BCUT2D eigenvalue weighted by Crippen LogP contribution is -2.05. The molecule has 0 atom stereocenters. The first kappa shape index (κ1) is 12.0. The predicted octanol–water partition coefficient (Wildman–Crippen LogP) is 2.65. The maximum atomic E-state index is 4.43. The summed E-state index contributed by atoms with van der Waals surface area (Å²) in [5.74, 6) is 1.71. The number of nitrogens with one attached hydrogen (secondary N) is 1. The molecule has 2 heterocycles. The van der Waals surface area contributed by atoms with E-state index >= 15 is 0 Å². The molecule has 0 aromatic carbocycles. The lowest BCUT2D eigenvalue weighted by atomic mass is 10.3. The Morgan fingerprint density at radius 3 is 2.94 bits per heavy atom. The number of thiazole rings is 1. The molecule has 0 aliphatic heterocycles. The van der Waals surface area contributed by atoms with Crippen LogP contribution < -0.4 is 5.32 Å². The first-order chi connectivity index (χ1) is 8.28. The van der Waals surface area contributed by atoms with Crippen molar-refractivity contribution < 1.29 is 0 Å². The van der Waals surface area contributed by atoms with Gasteiger partial charge in [-0.15, -0.1) is 11.3 Å². The highest BCUT2D eigenvalue weighted by atomic mass is 32.1. The summed E-state index contributed by atoms with van der Waals surface area (Å²) in [5.41, 5.74) is 1.02. The summed E-state index contributed by atoms with van der Waals surface area (Å²) in [7, 11) is 0. The maximum absolute atomic E-state index is 4.43. The first-order valence-electron chi connectivity index (χ1n) is 5.74. The molecule has 5 heteroatoms. The molecule has 17 heavy (non-hydrogen) atoms. The minimum Gasteiger partial charge on any atom is -0.370 e. The molecule has 2 aromatic rings. The second kappa shape index (κ2) is 5.72. The van der Waals surface area contributed by atoms with Crippen molar-refractivity contribution in [1.29, 1.82) is 0 Å². The molecule has 0 saturated carbocycles. The van der Waals surface area contributed by atoms with Gasteiger partial charge in [0.25, 0.3) is 0 Å². The molecule has 0 amide bonds. The molecular formula is C12H16N4S. The SMILES string of the molecule is CCCNc1cc(Cc2nccs2)nc(C)n1. The lowest BCUT2D eigenvalue weighted by molar-refractivity contribution is 0.929. The van der Waals surface area contributed by atoms with Gasteiger partial charge in [0, 0.05) is 30.6 Å². The van der Waals surface area contributed by atoms with Gasteiger partial charge in [-0.1, -0.05) is 6.92 Å². The summed E-state index contributed by atoms with van der Waals surface area (Å²) in [6.45, 7) is 4.99. The molecule has 90 valence electrons. The van der Waals surface area contributed by atoms with Gasteiger partial charge in [-0.2, -0.15) is 0 Å².